The van der Waals surface area contributed by atoms with Crippen LogP contribution in [0.5, 0.6) is 0 Å². The molecule has 0 saturated heterocycles. The van der Waals surface area contributed by atoms with E-state index in [2.05, 4.69) is 4.72 Å². The number of sulfonamides is 1. The van der Waals surface area contributed by atoms with Gasteiger partial charge in [0.25, 0.3) is 5.69 Å². The summed E-state index contributed by atoms with van der Waals surface area (Å²) in [5, 5.41) is 10.7. The zero-order chi connectivity index (χ0) is 15.5. The molecule has 0 fully saturated rings. The van der Waals surface area contributed by atoms with Gasteiger partial charge in [0, 0.05) is 24.7 Å². The summed E-state index contributed by atoms with van der Waals surface area (Å²) in [5.74, 6) is 0. The van der Waals surface area contributed by atoms with Crippen molar-refractivity contribution in [2.75, 3.05) is 6.54 Å². The first-order chi connectivity index (χ1) is 9.15. The quantitative estimate of drug-likeness (QED) is 0.605. The van der Waals surface area contributed by atoms with Gasteiger partial charge in [-0.3, -0.25) is 10.1 Å². The maximum absolute atomic E-state index is 12.2. The van der Waals surface area contributed by atoms with Gasteiger partial charge in [-0.1, -0.05) is 0 Å². The Hall–Kier alpha value is -1.51. The molecule has 0 saturated carbocycles. The van der Waals surface area contributed by atoms with Crippen molar-refractivity contribution in [2.24, 2.45) is 5.73 Å². The van der Waals surface area contributed by atoms with Gasteiger partial charge >= 0.3 is 0 Å². The average Bonchev–Trinajstić information content (AvgIpc) is 2.26. The maximum Gasteiger partial charge on any atom is 0.270 e. The fraction of sp³-hybridized carbons (Fsp3) is 0.500. The summed E-state index contributed by atoms with van der Waals surface area (Å²) < 4.78 is 26.9. The molecule has 1 aromatic rings. The summed E-state index contributed by atoms with van der Waals surface area (Å²) in [6.07, 6.45) is 0.518. The van der Waals surface area contributed by atoms with E-state index < -0.39 is 14.9 Å². The lowest BCUT2D eigenvalue weighted by Gasteiger charge is -2.12. The number of aryl methyl sites for hydroxylation is 2. The third kappa shape index (κ3) is 3.99. The fourth-order valence-corrected chi connectivity index (χ4v) is 3.45. The standard InChI is InChI=1S/C12H19N3O4S/c1-8-6-11(15(16)17)7-9(2)12(8)20(18,19)14-5-4-10(3)13/h6-7,10,14H,4-5,13H2,1-3H3. The van der Waals surface area contributed by atoms with Gasteiger partial charge in [0.2, 0.25) is 10.0 Å². The monoisotopic (exact) mass is 301 g/mol. The number of nitro benzene ring substituents is 1. The molecule has 3 N–H and O–H groups in total. The van der Waals surface area contributed by atoms with E-state index in [0.29, 0.717) is 17.5 Å². The molecular formula is C12H19N3O4S. The maximum atomic E-state index is 12.2. The predicted octanol–water partition coefficient (Wildman–Crippen LogP) is 1.23. The molecule has 0 aliphatic heterocycles. The molecule has 20 heavy (non-hydrogen) atoms. The van der Waals surface area contributed by atoms with E-state index in [4.69, 9.17) is 5.73 Å². The molecule has 0 aliphatic carbocycles. The number of benzene rings is 1. The number of rotatable bonds is 6. The number of hydrogen-bond donors (Lipinski definition) is 2. The number of hydrogen-bond acceptors (Lipinski definition) is 5. The molecule has 1 unspecified atom stereocenters. The number of nitrogens with one attached hydrogen (secondary N) is 1. The Balaban J connectivity index is 3.10. The molecule has 0 heterocycles. The van der Waals surface area contributed by atoms with Crippen LogP contribution < -0.4 is 10.5 Å². The number of nitro groups is 1. The molecule has 1 aromatic carbocycles. The SMILES string of the molecule is Cc1cc([N+](=O)[O-])cc(C)c1S(=O)(=O)NCCC(C)N. The molecule has 0 amide bonds. The topological polar surface area (TPSA) is 115 Å². The van der Waals surface area contributed by atoms with E-state index in [0.717, 1.165) is 0 Å². The molecule has 0 bridgehead atoms. The molecule has 112 valence electrons. The van der Waals surface area contributed by atoms with Crippen LogP contribution in [0.15, 0.2) is 17.0 Å². The van der Waals surface area contributed by atoms with Crippen molar-refractivity contribution in [3.05, 3.63) is 33.4 Å². The average molecular weight is 301 g/mol. The van der Waals surface area contributed by atoms with Gasteiger partial charge in [-0.2, -0.15) is 0 Å². The van der Waals surface area contributed by atoms with Crippen LogP contribution in [-0.4, -0.2) is 25.9 Å². The second-order valence-corrected chi connectivity index (χ2v) is 6.53. The lowest BCUT2D eigenvalue weighted by atomic mass is 10.1. The number of nitrogens with two attached hydrogens (primary N) is 1. The second-order valence-electron chi connectivity index (χ2n) is 4.83. The molecule has 1 atom stereocenters. The van der Waals surface area contributed by atoms with Crippen molar-refractivity contribution in [1.29, 1.82) is 0 Å². The molecule has 0 spiro atoms. The highest BCUT2D eigenvalue weighted by molar-refractivity contribution is 7.89. The van der Waals surface area contributed by atoms with Gasteiger partial charge in [-0.25, -0.2) is 13.1 Å². The summed E-state index contributed by atoms with van der Waals surface area (Å²) in [4.78, 5) is 10.3. The Morgan fingerprint density at radius 1 is 1.35 bits per heavy atom. The van der Waals surface area contributed by atoms with Crippen molar-refractivity contribution >= 4 is 15.7 Å². The van der Waals surface area contributed by atoms with E-state index in [1.807, 2.05) is 0 Å². The van der Waals surface area contributed by atoms with Crippen LogP contribution in [0.4, 0.5) is 5.69 Å². The fourth-order valence-electron chi connectivity index (χ4n) is 1.95. The van der Waals surface area contributed by atoms with E-state index >= 15 is 0 Å². The minimum absolute atomic E-state index is 0.0905. The van der Waals surface area contributed by atoms with Crippen molar-refractivity contribution in [3.8, 4) is 0 Å². The molecule has 0 aromatic heterocycles. The van der Waals surface area contributed by atoms with E-state index in [1.54, 1.807) is 20.8 Å². The van der Waals surface area contributed by atoms with Crippen LogP contribution >= 0.6 is 0 Å². The first kappa shape index (κ1) is 16.5. The first-order valence-corrected chi connectivity index (χ1v) is 7.64. The summed E-state index contributed by atoms with van der Waals surface area (Å²) in [5.41, 5.74) is 6.15. The van der Waals surface area contributed by atoms with Crippen LogP contribution in [0.25, 0.3) is 0 Å². The first-order valence-electron chi connectivity index (χ1n) is 6.16. The second kappa shape index (κ2) is 6.29. The highest BCUT2D eigenvalue weighted by atomic mass is 32.2. The van der Waals surface area contributed by atoms with Gasteiger partial charge in [-0.05, 0) is 38.3 Å². The summed E-state index contributed by atoms with van der Waals surface area (Å²) in [6, 6.07) is 2.41. The van der Waals surface area contributed by atoms with Crippen LogP contribution in [-0.2, 0) is 10.0 Å². The van der Waals surface area contributed by atoms with E-state index in [9.17, 15) is 18.5 Å². The molecular weight excluding hydrogens is 282 g/mol. The zero-order valence-electron chi connectivity index (χ0n) is 11.7. The van der Waals surface area contributed by atoms with Crippen LogP contribution in [0.2, 0.25) is 0 Å². The van der Waals surface area contributed by atoms with E-state index in [1.165, 1.54) is 12.1 Å². The number of non-ortho nitro benzene ring substituents is 1. The van der Waals surface area contributed by atoms with E-state index in [-0.39, 0.29) is 23.2 Å². The summed E-state index contributed by atoms with van der Waals surface area (Å²) in [7, 11) is -3.69. The Bertz CT molecular complexity index is 588. The molecule has 1 rings (SSSR count). The van der Waals surface area contributed by atoms with Gasteiger partial charge in [-0.15, -0.1) is 0 Å². The smallest absolute Gasteiger partial charge is 0.270 e. The van der Waals surface area contributed by atoms with Crippen LogP contribution in [0.1, 0.15) is 24.5 Å². The Morgan fingerprint density at radius 2 is 1.85 bits per heavy atom. The van der Waals surface area contributed by atoms with Crippen LogP contribution in [0, 0.1) is 24.0 Å². The highest BCUT2D eigenvalue weighted by Crippen LogP contribution is 2.25. The molecule has 7 nitrogen and oxygen atoms in total. The minimum atomic E-state index is -3.69. The third-order valence-electron chi connectivity index (χ3n) is 2.82. The summed E-state index contributed by atoms with van der Waals surface area (Å²) in [6.45, 7) is 5.10. The molecule has 0 aliphatic rings. The van der Waals surface area contributed by atoms with Gasteiger partial charge in [0.1, 0.15) is 0 Å². The normalized spacial score (nSPS) is 13.2. The van der Waals surface area contributed by atoms with Crippen molar-refractivity contribution in [3.63, 3.8) is 0 Å². The van der Waals surface area contributed by atoms with Crippen molar-refractivity contribution in [1.82, 2.24) is 4.72 Å². The predicted molar refractivity (Wildman–Crippen MR) is 76.0 cm³/mol. The zero-order valence-corrected chi connectivity index (χ0v) is 12.5. The Morgan fingerprint density at radius 3 is 2.25 bits per heavy atom. The van der Waals surface area contributed by atoms with Gasteiger partial charge in [0.15, 0.2) is 0 Å². The van der Waals surface area contributed by atoms with Crippen molar-refractivity contribution in [2.45, 2.75) is 38.1 Å². The Kier molecular flexibility index (Phi) is 5.21. The third-order valence-corrected chi connectivity index (χ3v) is 4.58. The Labute approximate surface area is 118 Å². The lowest BCUT2D eigenvalue weighted by Crippen LogP contribution is -2.30. The van der Waals surface area contributed by atoms with Crippen LogP contribution in [0.3, 0.4) is 0 Å². The minimum Gasteiger partial charge on any atom is -0.328 e. The molecule has 0 radical (unpaired) electrons. The lowest BCUT2D eigenvalue weighted by molar-refractivity contribution is -0.385. The largest absolute Gasteiger partial charge is 0.328 e. The highest BCUT2D eigenvalue weighted by Gasteiger charge is 2.22. The summed E-state index contributed by atoms with van der Waals surface area (Å²) >= 11 is 0. The number of nitrogens with zero attached hydrogens (tertiary/aromatic N) is 1. The van der Waals surface area contributed by atoms with Gasteiger partial charge < -0.3 is 5.73 Å². The van der Waals surface area contributed by atoms with Gasteiger partial charge in [0.05, 0.1) is 9.82 Å². The van der Waals surface area contributed by atoms with Crippen molar-refractivity contribution < 1.29 is 13.3 Å². The molecule has 8 heteroatoms.